The minimum atomic E-state index is -0.418. The number of hydrogen-bond donors (Lipinski definition) is 2. The zero-order chi connectivity index (χ0) is 33.2. The third-order valence-electron chi connectivity index (χ3n) is 8.25. The van der Waals surface area contributed by atoms with Crippen molar-refractivity contribution in [1.29, 1.82) is 0 Å². The maximum absolute atomic E-state index is 12.1. The van der Waals surface area contributed by atoms with Crippen LogP contribution in [-0.2, 0) is 19.1 Å². The minimum absolute atomic E-state index is 0.119. The molecular weight excluding hydrogens is 564 g/mol. The van der Waals surface area contributed by atoms with Crippen molar-refractivity contribution in [2.45, 2.75) is 206 Å². The predicted octanol–water partition coefficient (Wildman–Crippen LogP) is 10.5. The molecule has 0 amide bonds. The second kappa shape index (κ2) is 33.7. The van der Waals surface area contributed by atoms with Gasteiger partial charge in [0.15, 0.2) is 0 Å². The van der Waals surface area contributed by atoms with Gasteiger partial charge in [0.1, 0.15) is 12.7 Å². The van der Waals surface area contributed by atoms with Crippen LogP contribution in [0.3, 0.4) is 0 Å². The highest BCUT2D eigenvalue weighted by atomic mass is 16.6. The summed E-state index contributed by atoms with van der Waals surface area (Å²) in [5.74, 6) is -0.439. The van der Waals surface area contributed by atoms with Gasteiger partial charge in [-0.2, -0.15) is 0 Å². The summed E-state index contributed by atoms with van der Waals surface area (Å²) in [6, 6.07) is 0. The van der Waals surface area contributed by atoms with Gasteiger partial charge >= 0.3 is 11.9 Å². The van der Waals surface area contributed by atoms with Crippen LogP contribution >= 0.6 is 0 Å². The molecule has 264 valence electrons. The van der Waals surface area contributed by atoms with Crippen LogP contribution < -0.4 is 0 Å². The number of esters is 2. The lowest BCUT2D eigenvalue weighted by Gasteiger charge is -2.13. The molecule has 6 nitrogen and oxygen atoms in total. The first kappa shape index (κ1) is 43.3. The van der Waals surface area contributed by atoms with Gasteiger partial charge in [-0.1, -0.05) is 128 Å². The second-order valence-corrected chi connectivity index (χ2v) is 13.0. The summed E-state index contributed by atoms with van der Waals surface area (Å²) in [6.07, 6.45) is 34.2. The molecule has 0 fully saturated rings. The van der Waals surface area contributed by atoms with Gasteiger partial charge in [0.25, 0.3) is 0 Å². The molecule has 2 N–H and O–H groups in total. The summed E-state index contributed by atoms with van der Waals surface area (Å²) < 4.78 is 10.7. The van der Waals surface area contributed by atoms with Crippen molar-refractivity contribution in [2.75, 3.05) is 6.61 Å². The largest absolute Gasteiger partial charge is 0.462 e. The van der Waals surface area contributed by atoms with Crippen molar-refractivity contribution >= 4 is 11.9 Å². The minimum Gasteiger partial charge on any atom is -0.462 e. The highest BCUT2D eigenvalue weighted by molar-refractivity contribution is 5.70. The van der Waals surface area contributed by atoms with Crippen molar-refractivity contribution < 1.29 is 29.3 Å². The number of aliphatic hydroxyl groups is 2. The van der Waals surface area contributed by atoms with Gasteiger partial charge in [-0.25, -0.2) is 0 Å². The molecule has 0 saturated carbocycles. The van der Waals surface area contributed by atoms with Crippen LogP contribution in [0.25, 0.3) is 0 Å². The quantitative estimate of drug-likeness (QED) is 0.0423. The molecule has 0 aliphatic heterocycles. The Labute approximate surface area is 277 Å². The summed E-state index contributed by atoms with van der Waals surface area (Å²) in [7, 11) is 0. The number of aliphatic hydroxyl groups excluding tert-OH is 2. The maximum Gasteiger partial charge on any atom is 0.306 e. The van der Waals surface area contributed by atoms with E-state index in [2.05, 4.69) is 38.2 Å². The first-order valence-corrected chi connectivity index (χ1v) is 18.9. The van der Waals surface area contributed by atoms with Crippen molar-refractivity contribution in [1.82, 2.24) is 0 Å². The van der Waals surface area contributed by atoms with Gasteiger partial charge in [0.05, 0.1) is 12.2 Å². The van der Waals surface area contributed by atoms with Crippen molar-refractivity contribution in [3.05, 3.63) is 24.3 Å². The van der Waals surface area contributed by atoms with E-state index in [9.17, 15) is 19.8 Å². The predicted molar refractivity (Wildman–Crippen MR) is 188 cm³/mol. The zero-order valence-electron chi connectivity index (χ0n) is 29.7. The van der Waals surface area contributed by atoms with Crippen LogP contribution in [0.15, 0.2) is 24.3 Å². The molecular formula is C39H72O6. The van der Waals surface area contributed by atoms with Crippen molar-refractivity contribution in [3.8, 4) is 0 Å². The summed E-state index contributed by atoms with van der Waals surface area (Å²) >= 11 is 0. The highest BCUT2D eigenvalue weighted by Crippen LogP contribution is 2.13. The van der Waals surface area contributed by atoms with E-state index in [1.807, 2.05) is 0 Å². The Morgan fingerprint density at radius 3 is 1.47 bits per heavy atom. The molecule has 0 bridgehead atoms. The van der Waals surface area contributed by atoms with E-state index in [1.54, 1.807) is 6.92 Å². The fraction of sp³-hybridized carbons (Fsp3) is 0.846. The van der Waals surface area contributed by atoms with E-state index in [0.29, 0.717) is 12.8 Å². The lowest BCUT2D eigenvalue weighted by atomic mass is 10.1. The van der Waals surface area contributed by atoms with E-state index in [4.69, 9.17) is 9.47 Å². The molecule has 0 rings (SSSR count). The summed E-state index contributed by atoms with van der Waals surface area (Å²) in [5.41, 5.74) is 0. The molecule has 45 heavy (non-hydrogen) atoms. The summed E-state index contributed by atoms with van der Waals surface area (Å²) in [4.78, 5) is 24.1. The number of unbranched alkanes of at least 4 members (excludes halogenated alkanes) is 16. The zero-order valence-corrected chi connectivity index (χ0v) is 29.7. The van der Waals surface area contributed by atoms with Gasteiger partial charge in [-0.05, 0) is 71.1 Å². The van der Waals surface area contributed by atoms with Crippen LogP contribution in [0.5, 0.6) is 0 Å². The average Bonchev–Trinajstić information content (AvgIpc) is 3.02. The first-order chi connectivity index (χ1) is 21.9. The molecule has 6 heteroatoms. The number of ether oxygens (including phenoxy) is 2. The molecule has 0 aliphatic carbocycles. The number of hydrogen-bond acceptors (Lipinski definition) is 6. The Bertz CT molecular complexity index is 718. The fourth-order valence-electron chi connectivity index (χ4n) is 5.32. The standard InChI is InChI=1S/C39H72O6/c1-4-6-8-22-28-36(40)30-24-18-14-10-12-16-20-26-32-38(42)44-34-35(3)45-39(43)33-27-21-17-13-11-15-19-25-31-37(41)29-23-9-7-5-2/h18-19,24-25,35-37,40-41H,4-17,20-23,26-34H2,1-3H3. The third-order valence-corrected chi connectivity index (χ3v) is 8.25. The van der Waals surface area contributed by atoms with Crippen LogP contribution in [0.4, 0.5) is 0 Å². The Morgan fingerprint density at radius 2 is 0.978 bits per heavy atom. The molecule has 0 radical (unpaired) electrons. The first-order valence-electron chi connectivity index (χ1n) is 18.9. The summed E-state index contributed by atoms with van der Waals surface area (Å²) in [6.45, 7) is 6.30. The molecule has 0 spiro atoms. The van der Waals surface area contributed by atoms with Crippen LogP contribution in [-0.4, -0.2) is 47.1 Å². The number of carbonyl (C=O) groups is 2. The molecule has 0 aromatic heterocycles. The Balaban J connectivity index is 3.56. The lowest BCUT2D eigenvalue weighted by molar-refractivity contribution is -0.158. The van der Waals surface area contributed by atoms with Crippen LogP contribution in [0, 0.1) is 0 Å². The molecule has 3 unspecified atom stereocenters. The van der Waals surface area contributed by atoms with Crippen LogP contribution in [0.1, 0.15) is 188 Å². The average molecular weight is 637 g/mol. The molecule has 0 heterocycles. The maximum atomic E-state index is 12.1. The number of carbonyl (C=O) groups excluding carboxylic acids is 2. The number of allylic oxidation sites excluding steroid dienone is 2. The molecule has 0 saturated heterocycles. The molecule has 3 atom stereocenters. The monoisotopic (exact) mass is 637 g/mol. The molecule has 0 aromatic carbocycles. The SMILES string of the molecule is CCCCCCC(O)CC=CCCCCCCCC(=O)OCC(C)OC(=O)CCCCCCCC=CCC(O)CCCCCC. The topological polar surface area (TPSA) is 93.1 Å². The second-order valence-electron chi connectivity index (χ2n) is 13.0. The van der Waals surface area contributed by atoms with E-state index < -0.39 is 6.10 Å². The summed E-state index contributed by atoms with van der Waals surface area (Å²) in [5, 5.41) is 20.0. The third kappa shape index (κ3) is 33.5. The molecule has 0 aromatic rings. The Kier molecular flexibility index (Phi) is 32.5. The van der Waals surface area contributed by atoms with Gasteiger partial charge in [-0.3, -0.25) is 9.59 Å². The van der Waals surface area contributed by atoms with E-state index in [1.165, 1.54) is 38.5 Å². The van der Waals surface area contributed by atoms with Crippen molar-refractivity contribution in [2.24, 2.45) is 0 Å². The number of rotatable bonds is 33. The fourth-order valence-corrected chi connectivity index (χ4v) is 5.32. The van der Waals surface area contributed by atoms with Gasteiger partial charge in [0.2, 0.25) is 0 Å². The Morgan fingerprint density at radius 1 is 0.556 bits per heavy atom. The van der Waals surface area contributed by atoms with Crippen molar-refractivity contribution in [3.63, 3.8) is 0 Å². The smallest absolute Gasteiger partial charge is 0.306 e. The molecule has 0 aliphatic rings. The Hall–Kier alpha value is -1.66. The van der Waals surface area contributed by atoms with Gasteiger partial charge in [-0.15, -0.1) is 0 Å². The van der Waals surface area contributed by atoms with E-state index >= 15 is 0 Å². The van der Waals surface area contributed by atoms with Crippen LogP contribution in [0.2, 0.25) is 0 Å². The van der Waals surface area contributed by atoms with E-state index in [0.717, 1.165) is 116 Å². The normalized spacial score (nSPS) is 13.8. The highest BCUT2D eigenvalue weighted by Gasteiger charge is 2.12. The van der Waals surface area contributed by atoms with Gasteiger partial charge in [0, 0.05) is 12.8 Å². The van der Waals surface area contributed by atoms with Gasteiger partial charge < -0.3 is 19.7 Å². The van der Waals surface area contributed by atoms with E-state index in [-0.39, 0.29) is 30.8 Å². The lowest BCUT2D eigenvalue weighted by Crippen LogP contribution is -2.22.